The zero-order valence-electron chi connectivity index (χ0n) is 7.94. The summed E-state index contributed by atoms with van der Waals surface area (Å²) < 4.78 is 0. The lowest BCUT2D eigenvalue weighted by Gasteiger charge is -1.98. The number of rotatable bonds is 3. The number of nitrogens with zero attached hydrogens (tertiary/aromatic N) is 4. The number of aromatic nitrogens is 4. The van der Waals surface area contributed by atoms with E-state index in [-0.39, 0.29) is 5.69 Å². The van der Waals surface area contributed by atoms with Crippen molar-refractivity contribution < 1.29 is 9.90 Å². The quantitative estimate of drug-likeness (QED) is 0.850. The average molecular weight is 234 g/mol. The van der Waals surface area contributed by atoms with Gasteiger partial charge < -0.3 is 5.11 Å². The second kappa shape index (κ2) is 4.67. The Bertz CT molecular complexity index is 489. The summed E-state index contributed by atoms with van der Waals surface area (Å²) in [6.07, 6.45) is 7.34. The Labute approximate surface area is 94.8 Å². The van der Waals surface area contributed by atoms with Crippen LogP contribution in [0.25, 0.3) is 0 Å². The highest BCUT2D eigenvalue weighted by atomic mass is 32.2. The molecule has 80 valence electrons. The van der Waals surface area contributed by atoms with Crippen molar-refractivity contribution in [2.45, 2.75) is 10.1 Å². The molecule has 0 aliphatic rings. The lowest BCUT2D eigenvalue weighted by Crippen LogP contribution is -2.00. The van der Waals surface area contributed by atoms with E-state index >= 15 is 0 Å². The van der Waals surface area contributed by atoms with Crippen molar-refractivity contribution in [2.24, 2.45) is 0 Å². The molecule has 0 atom stereocenters. The van der Waals surface area contributed by atoms with Gasteiger partial charge in [-0.1, -0.05) is 0 Å². The highest BCUT2D eigenvalue weighted by Crippen LogP contribution is 2.21. The minimum absolute atomic E-state index is 0.0801. The molecule has 2 heterocycles. The molecule has 0 amide bonds. The summed E-state index contributed by atoms with van der Waals surface area (Å²) in [6.45, 7) is 0. The van der Waals surface area contributed by atoms with Crippen LogP contribution in [0.2, 0.25) is 0 Å². The van der Waals surface area contributed by atoms with Gasteiger partial charge in [-0.05, 0) is 11.8 Å². The zero-order valence-corrected chi connectivity index (χ0v) is 8.76. The van der Waals surface area contributed by atoms with Gasteiger partial charge in [0.25, 0.3) is 0 Å². The van der Waals surface area contributed by atoms with Crippen LogP contribution in [0.15, 0.2) is 41.0 Å². The first kappa shape index (κ1) is 10.5. The van der Waals surface area contributed by atoms with Gasteiger partial charge in [0, 0.05) is 12.4 Å². The number of hydrogen-bond donors (Lipinski definition) is 1. The Hall–Kier alpha value is -2.02. The first-order chi connectivity index (χ1) is 7.75. The second-order valence-electron chi connectivity index (χ2n) is 2.69. The molecule has 0 saturated heterocycles. The summed E-state index contributed by atoms with van der Waals surface area (Å²) in [5.41, 5.74) is -0.0801. The zero-order chi connectivity index (χ0) is 11.4. The first-order valence-corrected chi connectivity index (χ1v) is 5.06. The molecule has 2 rings (SSSR count). The van der Waals surface area contributed by atoms with Crippen molar-refractivity contribution in [3.63, 3.8) is 0 Å². The van der Waals surface area contributed by atoms with Crippen LogP contribution in [0.3, 0.4) is 0 Å². The number of aromatic carboxylic acids is 1. The monoisotopic (exact) mass is 234 g/mol. The summed E-state index contributed by atoms with van der Waals surface area (Å²) in [5, 5.41) is 9.89. The molecule has 0 unspecified atom stereocenters. The van der Waals surface area contributed by atoms with Gasteiger partial charge in [0.15, 0.2) is 5.69 Å². The summed E-state index contributed by atoms with van der Waals surface area (Å²) in [7, 11) is 0. The normalized spacial score (nSPS) is 10.0. The fourth-order valence-electron chi connectivity index (χ4n) is 0.925. The van der Waals surface area contributed by atoms with Crippen molar-refractivity contribution in [2.75, 3.05) is 0 Å². The molecular weight excluding hydrogens is 228 g/mol. The Kier molecular flexibility index (Phi) is 3.06. The topological polar surface area (TPSA) is 88.9 Å². The Morgan fingerprint density at radius 1 is 1.06 bits per heavy atom. The molecule has 6 nitrogen and oxygen atoms in total. The molecular formula is C9H6N4O2S. The fraction of sp³-hybridized carbons (Fsp3) is 0. The predicted molar refractivity (Wildman–Crippen MR) is 55.1 cm³/mol. The molecule has 0 aromatic carbocycles. The molecule has 0 saturated carbocycles. The van der Waals surface area contributed by atoms with Crippen molar-refractivity contribution in [1.29, 1.82) is 0 Å². The van der Waals surface area contributed by atoms with E-state index in [2.05, 4.69) is 19.9 Å². The summed E-state index contributed by atoms with van der Waals surface area (Å²) in [6, 6.07) is 0. The number of carboxylic acid groups (broad SMARTS) is 1. The van der Waals surface area contributed by atoms with E-state index in [0.717, 1.165) is 0 Å². The average Bonchev–Trinajstić information content (AvgIpc) is 2.31. The lowest BCUT2D eigenvalue weighted by atomic mass is 10.5. The third-order valence-electron chi connectivity index (χ3n) is 1.60. The maximum Gasteiger partial charge on any atom is 0.356 e. The molecule has 0 fully saturated rings. The Balaban J connectivity index is 2.14. The minimum Gasteiger partial charge on any atom is -0.476 e. The van der Waals surface area contributed by atoms with Crippen LogP contribution in [0.4, 0.5) is 0 Å². The molecule has 0 aliphatic heterocycles. The largest absolute Gasteiger partial charge is 0.476 e. The minimum atomic E-state index is -1.09. The second-order valence-corrected chi connectivity index (χ2v) is 3.73. The number of carboxylic acids is 1. The van der Waals surface area contributed by atoms with Crippen molar-refractivity contribution in [3.05, 3.63) is 36.7 Å². The Morgan fingerprint density at radius 2 is 1.88 bits per heavy atom. The standard InChI is InChI=1S/C9H6N4O2S/c14-9(15)6-3-13-8(5-12-6)16-7-4-10-1-2-11-7/h1-5H,(H,14,15). The van der Waals surface area contributed by atoms with Gasteiger partial charge in [-0.2, -0.15) is 0 Å². The van der Waals surface area contributed by atoms with Gasteiger partial charge in [0.2, 0.25) is 0 Å². The maximum absolute atomic E-state index is 10.5. The van der Waals surface area contributed by atoms with Crippen LogP contribution < -0.4 is 0 Å². The maximum atomic E-state index is 10.5. The molecule has 7 heteroatoms. The van der Waals surface area contributed by atoms with Crippen LogP contribution >= 0.6 is 11.8 Å². The van der Waals surface area contributed by atoms with E-state index in [0.29, 0.717) is 10.1 Å². The lowest BCUT2D eigenvalue weighted by molar-refractivity contribution is 0.0689. The predicted octanol–water partition coefficient (Wildman–Crippen LogP) is 1.12. The van der Waals surface area contributed by atoms with Crippen molar-refractivity contribution in [1.82, 2.24) is 19.9 Å². The summed E-state index contributed by atoms with van der Waals surface area (Å²) in [4.78, 5) is 26.2. The molecule has 2 aromatic heterocycles. The highest BCUT2D eigenvalue weighted by Gasteiger charge is 2.06. The molecule has 16 heavy (non-hydrogen) atoms. The van der Waals surface area contributed by atoms with Gasteiger partial charge >= 0.3 is 5.97 Å². The third kappa shape index (κ3) is 2.51. The molecule has 2 aromatic rings. The van der Waals surface area contributed by atoms with Crippen LogP contribution in [0.5, 0.6) is 0 Å². The molecule has 0 aliphatic carbocycles. The van der Waals surface area contributed by atoms with E-state index < -0.39 is 5.97 Å². The van der Waals surface area contributed by atoms with E-state index in [4.69, 9.17) is 5.11 Å². The van der Waals surface area contributed by atoms with Gasteiger partial charge in [-0.15, -0.1) is 0 Å². The van der Waals surface area contributed by atoms with Gasteiger partial charge in [0.1, 0.15) is 10.1 Å². The smallest absolute Gasteiger partial charge is 0.356 e. The van der Waals surface area contributed by atoms with E-state index in [1.807, 2.05) is 0 Å². The van der Waals surface area contributed by atoms with Gasteiger partial charge in [-0.25, -0.2) is 19.7 Å². The SMILES string of the molecule is O=C(O)c1cnc(Sc2cnccn2)cn1. The van der Waals surface area contributed by atoms with E-state index in [1.54, 1.807) is 18.6 Å². The van der Waals surface area contributed by atoms with E-state index in [1.165, 1.54) is 24.2 Å². The third-order valence-corrected chi connectivity index (χ3v) is 2.44. The number of carbonyl (C=O) groups is 1. The summed E-state index contributed by atoms with van der Waals surface area (Å²) in [5.74, 6) is -1.09. The van der Waals surface area contributed by atoms with Crippen molar-refractivity contribution in [3.8, 4) is 0 Å². The molecule has 0 spiro atoms. The fourth-order valence-corrected chi connectivity index (χ4v) is 1.58. The molecule has 0 radical (unpaired) electrons. The summed E-state index contributed by atoms with van der Waals surface area (Å²) >= 11 is 1.27. The van der Waals surface area contributed by atoms with Crippen LogP contribution in [0.1, 0.15) is 10.5 Å². The first-order valence-electron chi connectivity index (χ1n) is 4.25. The Morgan fingerprint density at radius 3 is 2.44 bits per heavy atom. The highest BCUT2D eigenvalue weighted by molar-refractivity contribution is 7.99. The van der Waals surface area contributed by atoms with Crippen LogP contribution in [-0.2, 0) is 0 Å². The van der Waals surface area contributed by atoms with Crippen molar-refractivity contribution >= 4 is 17.7 Å². The van der Waals surface area contributed by atoms with E-state index in [9.17, 15) is 4.79 Å². The van der Waals surface area contributed by atoms with Gasteiger partial charge in [-0.3, -0.25) is 4.98 Å². The van der Waals surface area contributed by atoms with Crippen LogP contribution in [-0.4, -0.2) is 31.0 Å². The van der Waals surface area contributed by atoms with Gasteiger partial charge in [0.05, 0.1) is 18.6 Å². The molecule has 1 N–H and O–H groups in total. The van der Waals surface area contributed by atoms with Crippen LogP contribution in [0, 0.1) is 0 Å². The number of hydrogen-bond acceptors (Lipinski definition) is 6. The molecule has 0 bridgehead atoms.